The Morgan fingerprint density at radius 3 is 2.63 bits per heavy atom. The van der Waals surface area contributed by atoms with Gasteiger partial charge in [-0.2, -0.15) is 0 Å². The van der Waals surface area contributed by atoms with E-state index in [2.05, 4.69) is 27.8 Å². The maximum absolute atomic E-state index is 13.1. The van der Waals surface area contributed by atoms with E-state index >= 15 is 0 Å². The summed E-state index contributed by atoms with van der Waals surface area (Å²) in [6, 6.07) is 9.63. The number of fused-ring (bicyclic) bond motifs is 2. The molecule has 1 atom stereocenters. The number of piperidine rings is 1. The van der Waals surface area contributed by atoms with Gasteiger partial charge in [0.05, 0.1) is 29.2 Å². The number of hydrogen-bond acceptors (Lipinski definition) is 9. The summed E-state index contributed by atoms with van der Waals surface area (Å²) in [5, 5.41) is 16.1. The van der Waals surface area contributed by atoms with Crippen molar-refractivity contribution in [2.24, 2.45) is 5.92 Å². The van der Waals surface area contributed by atoms with E-state index in [0.717, 1.165) is 46.6 Å². The van der Waals surface area contributed by atoms with Crippen molar-refractivity contribution in [1.29, 1.82) is 5.41 Å². The molecule has 2 saturated heterocycles. The third kappa shape index (κ3) is 5.83. The zero-order chi connectivity index (χ0) is 32.6. The summed E-state index contributed by atoms with van der Waals surface area (Å²) >= 11 is 0. The first-order chi connectivity index (χ1) is 22.1. The third-order valence-corrected chi connectivity index (χ3v) is 8.61. The Labute approximate surface area is 266 Å². The minimum atomic E-state index is -1.01. The molecule has 0 saturated carbocycles. The Balaban J connectivity index is 1.05. The molecule has 236 valence electrons. The van der Waals surface area contributed by atoms with Crippen LogP contribution in [0.3, 0.4) is 0 Å². The maximum atomic E-state index is 13.1. The van der Waals surface area contributed by atoms with E-state index in [1.807, 2.05) is 23.1 Å². The number of amides is 5. The van der Waals surface area contributed by atoms with Crippen molar-refractivity contribution in [2.45, 2.75) is 51.1 Å². The molecule has 4 N–H and O–H groups in total. The average molecular weight is 623 g/mol. The lowest BCUT2D eigenvalue weighted by Crippen LogP contribution is -2.54. The highest BCUT2D eigenvalue weighted by atomic mass is 16.5. The average Bonchev–Trinajstić information content (AvgIpc) is 3.26. The molecule has 0 aliphatic carbocycles. The molecule has 4 aliphatic rings. The maximum Gasteiger partial charge on any atom is 0.262 e. The Kier molecular flexibility index (Phi) is 8.08. The van der Waals surface area contributed by atoms with Crippen molar-refractivity contribution >= 4 is 47.1 Å². The summed E-state index contributed by atoms with van der Waals surface area (Å²) < 4.78 is 5.71. The topological polar surface area (TPSA) is 161 Å². The second-order valence-electron chi connectivity index (χ2n) is 12.3. The first-order valence-electron chi connectivity index (χ1n) is 15.2. The molecule has 4 heterocycles. The molecule has 0 aromatic heterocycles. The highest BCUT2D eigenvalue weighted by Crippen LogP contribution is 2.33. The summed E-state index contributed by atoms with van der Waals surface area (Å²) in [6.07, 6.45) is 4.59. The van der Waals surface area contributed by atoms with Gasteiger partial charge in [0.25, 0.3) is 11.8 Å². The highest BCUT2D eigenvalue weighted by Gasteiger charge is 2.45. The summed E-state index contributed by atoms with van der Waals surface area (Å²) in [7, 11) is 0. The van der Waals surface area contributed by atoms with Crippen LogP contribution >= 0.6 is 0 Å². The van der Waals surface area contributed by atoms with Gasteiger partial charge in [-0.3, -0.25) is 34.2 Å². The fraction of sp³-hybridized carbons (Fsp3) is 0.353. The molecule has 0 radical (unpaired) electrons. The standard InChI is InChI=1S/C34H34N6O6/c1-34(2,33(45)37-26-6-3-7-28-24(26)5-4-14-46-28)36-17-20(16-35)8-9-21-18-39(19-21)22-10-11-23-25(15-22)32(44)40(31(23)43)27-12-13-29(41)38-30(27)42/h3,6-7,10-11,15-17,21,27,35-36H,4-5,12-14,18-19H2,1-2H3,(H,37,45)(H,38,41,42)/b20-17-,35-16?. The number of imide groups is 2. The lowest BCUT2D eigenvalue weighted by Gasteiger charge is -2.38. The molecule has 0 spiro atoms. The van der Waals surface area contributed by atoms with E-state index in [1.54, 1.807) is 38.2 Å². The summed E-state index contributed by atoms with van der Waals surface area (Å²) in [5.41, 5.74) is 2.37. The van der Waals surface area contributed by atoms with Gasteiger partial charge in [0.2, 0.25) is 17.7 Å². The molecular formula is C34H34N6O6. The number of hydrogen-bond donors (Lipinski definition) is 4. The van der Waals surface area contributed by atoms with Crippen molar-refractivity contribution in [3.63, 3.8) is 0 Å². The zero-order valence-electron chi connectivity index (χ0n) is 25.6. The number of nitrogens with zero attached hydrogens (tertiary/aromatic N) is 2. The van der Waals surface area contributed by atoms with E-state index < -0.39 is 35.2 Å². The van der Waals surface area contributed by atoms with Crippen molar-refractivity contribution in [1.82, 2.24) is 15.5 Å². The van der Waals surface area contributed by atoms with Crippen LogP contribution in [0.1, 0.15) is 59.4 Å². The van der Waals surface area contributed by atoms with E-state index in [9.17, 15) is 24.0 Å². The second-order valence-corrected chi connectivity index (χ2v) is 12.3. The molecule has 1 unspecified atom stereocenters. The fourth-order valence-electron chi connectivity index (χ4n) is 5.84. The Morgan fingerprint density at radius 2 is 1.87 bits per heavy atom. The molecule has 0 bridgehead atoms. The lowest BCUT2D eigenvalue weighted by atomic mass is 9.98. The van der Waals surface area contributed by atoms with Crippen LogP contribution in [0.4, 0.5) is 11.4 Å². The van der Waals surface area contributed by atoms with Crippen LogP contribution in [0.2, 0.25) is 0 Å². The van der Waals surface area contributed by atoms with Gasteiger partial charge in [-0.25, -0.2) is 0 Å². The van der Waals surface area contributed by atoms with Crippen LogP contribution < -0.4 is 25.6 Å². The van der Waals surface area contributed by atoms with Crippen LogP contribution in [0.5, 0.6) is 5.75 Å². The third-order valence-electron chi connectivity index (χ3n) is 8.61. The van der Waals surface area contributed by atoms with Crippen molar-refractivity contribution in [2.75, 3.05) is 29.9 Å². The molecule has 6 rings (SSSR count). The number of benzene rings is 2. The van der Waals surface area contributed by atoms with Gasteiger partial charge in [-0.1, -0.05) is 17.9 Å². The van der Waals surface area contributed by atoms with E-state index in [4.69, 9.17) is 10.1 Å². The normalized spacial score (nSPS) is 19.6. The molecular weight excluding hydrogens is 588 g/mol. The SMILES string of the molecule is CC(C)(N/C=C(/C#CC1CN(c2ccc3c(c2)C(=O)N(C2CCC(=O)NC2=O)C3=O)C1)C=N)C(=O)Nc1cccc2c1CCCO2. The van der Waals surface area contributed by atoms with Crippen molar-refractivity contribution in [3.8, 4) is 17.6 Å². The first kappa shape index (κ1) is 30.6. The summed E-state index contributed by atoms with van der Waals surface area (Å²) in [4.78, 5) is 66.1. The number of allylic oxidation sites excluding steroid dienone is 1. The van der Waals surface area contributed by atoms with Gasteiger partial charge in [0.15, 0.2) is 0 Å². The van der Waals surface area contributed by atoms with E-state index in [0.29, 0.717) is 25.3 Å². The van der Waals surface area contributed by atoms with Gasteiger partial charge in [0.1, 0.15) is 17.3 Å². The predicted octanol–water partition coefficient (Wildman–Crippen LogP) is 2.39. The monoisotopic (exact) mass is 622 g/mol. The van der Waals surface area contributed by atoms with Gasteiger partial charge < -0.3 is 25.7 Å². The van der Waals surface area contributed by atoms with E-state index in [-0.39, 0.29) is 35.8 Å². The number of carbonyl (C=O) groups is 5. The Hall–Kier alpha value is -5.44. The second kappa shape index (κ2) is 12.2. The number of nitrogens with one attached hydrogen (secondary N) is 4. The fourth-order valence-corrected chi connectivity index (χ4v) is 5.84. The lowest BCUT2D eigenvalue weighted by molar-refractivity contribution is -0.136. The molecule has 2 aromatic rings. The molecule has 2 aromatic carbocycles. The van der Waals surface area contributed by atoms with Crippen molar-refractivity contribution < 1.29 is 28.7 Å². The summed E-state index contributed by atoms with van der Waals surface area (Å²) in [6.45, 7) is 5.34. The van der Waals surface area contributed by atoms with Crippen LogP contribution in [0, 0.1) is 23.2 Å². The highest BCUT2D eigenvalue weighted by molar-refractivity contribution is 6.23. The Bertz CT molecular complexity index is 1760. The Morgan fingerprint density at radius 1 is 1.09 bits per heavy atom. The van der Waals surface area contributed by atoms with Crippen LogP contribution in [-0.4, -0.2) is 71.9 Å². The molecule has 2 fully saturated rings. The molecule has 12 heteroatoms. The summed E-state index contributed by atoms with van der Waals surface area (Å²) in [5.74, 6) is 4.61. The number of carbonyl (C=O) groups excluding carboxylic acids is 5. The number of rotatable bonds is 7. The predicted molar refractivity (Wildman–Crippen MR) is 170 cm³/mol. The minimum Gasteiger partial charge on any atom is -0.493 e. The van der Waals surface area contributed by atoms with Crippen LogP contribution in [-0.2, 0) is 20.8 Å². The smallest absolute Gasteiger partial charge is 0.262 e. The van der Waals surface area contributed by atoms with Gasteiger partial charge in [0, 0.05) is 48.9 Å². The number of anilines is 2. The zero-order valence-corrected chi connectivity index (χ0v) is 25.6. The van der Waals surface area contributed by atoms with Gasteiger partial charge in [-0.15, -0.1) is 0 Å². The first-order valence-corrected chi connectivity index (χ1v) is 15.2. The minimum absolute atomic E-state index is 0.0108. The molecule has 5 amide bonds. The molecule has 12 nitrogen and oxygen atoms in total. The molecule has 46 heavy (non-hydrogen) atoms. The molecule has 4 aliphatic heterocycles. The van der Waals surface area contributed by atoms with Crippen LogP contribution in [0.25, 0.3) is 0 Å². The van der Waals surface area contributed by atoms with Gasteiger partial charge in [-0.05, 0) is 63.4 Å². The quantitative estimate of drug-likeness (QED) is 0.208. The largest absolute Gasteiger partial charge is 0.493 e. The van der Waals surface area contributed by atoms with E-state index in [1.165, 1.54) is 0 Å². The van der Waals surface area contributed by atoms with Crippen LogP contribution in [0.15, 0.2) is 48.2 Å². The van der Waals surface area contributed by atoms with Crippen molar-refractivity contribution in [3.05, 3.63) is 64.9 Å². The van der Waals surface area contributed by atoms with Gasteiger partial charge >= 0.3 is 0 Å². The number of ether oxygens (including phenoxy) is 1.